The van der Waals surface area contributed by atoms with Crippen LogP contribution < -0.4 is 11.3 Å². The van der Waals surface area contributed by atoms with Gasteiger partial charge in [0.15, 0.2) is 0 Å². The van der Waals surface area contributed by atoms with Crippen LogP contribution in [0.4, 0.5) is 5.82 Å². The predicted octanol–water partition coefficient (Wildman–Crippen LogP) is 2.32. The van der Waals surface area contributed by atoms with Crippen LogP contribution in [0.2, 0.25) is 0 Å². The standard InChI is InChI=1S/C15H18N2O2/c1-2-19-12-8-11(9-12)17-14(16)7-10-5-3-4-6-13(10)15(17)18/h3-7,11-12H,2,8-9,16H2,1H3. The van der Waals surface area contributed by atoms with Gasteiger partial charge < -0.3 is 10.5 Å². The lowest BCUT2D eigenvalue weighted by molar-refractivity contribution is -0.0198. The number of rotatable bonds is 3. The molecule has 4 nitrogen and oxygen atoms in total. The molecule has 1 aliphatic rings. The Hall–Kier alpha value is -1.81. The van der Waals surface area contributed by atoms with Crippen LogP contribution in [0.1, 0.15) is 25.8 Å². The highest BCUT2D eigenvalue weighted by Crippen LogP contribution is 2.35. The smallest absolute Gasteiger partial charge is 0.260 e. The zero-order chi connectivity index (χ0) is 13.4. The highest BCUT2D eigenvalue weighted by Gasteiger charge is 2.32. The van der Waals surface area contributed by atoms with Crippen molar-refractivity contribution in [2.45, 2.75) is 31.9 Å². The third kappa shape index (κ3) is 2.02. The average molecular weight is 258 g/mol. The largest absolute Gasteiger partial charge is 0.385 e. The lowest BCUT2D eigenvalue weighted by Crippen LogP contribution is -2.39. The summed E-state index contributed by atoms with van der Waals surface area (Å²) in [6, 6.07) is 9.63. The van der Waals surface area contributed by atoms with Crippen molar-refractivity contribution >= 4 is 16.6 Å². The first-order valence-corrected chi connectivity index (χ1v) is 6.72. The van der Waals surface area contributed by atoms with Gasteiger partial charge in [-0.05, 0) is 37.3 Å². The summed E-state index contributed by atoms with van der Waals surface area (Å²) in [7, 11) is 0. The van der Waals surface area contributed by atoms with E-state index in [1.54, 1.807) is 4.57 Å². The third-order valence-corrected chi connectivity index (χ3v) is 3.83. The van der Waals surface area contributed by atoms with Crippen LogP contribution in [0.25, 0.3) is 10.8 Å². The number of anilines is 1. The van der Waals surface area contributed by atoms with Crippen LogP contribution in [-0.2, 0) is 4.74 Å². The molecule has 1 fully saturated rings. The number of nitrogen functional groups attached to an aromatic ring is 1. The summed E-state index contributed by atoms with van der Waals surface area (Å²) in [4.78, 5) is 12.5. The van der Waals surface area contributed by atoms with Crippen LogP contribution in [0.15, 0.2) is 35.1 Å². The van der Waals surface area contributed by atoms with Gasteiger partial charge in [0.1, 0.15) is 5.82 Å². The van der Waals surface area contributed by atoms with E-state index in [2.05, 4.69) is 0 Å². The van der Waals surface area contributed by atoms with E-state index in [-0.39, 0.29) is 17.7 Å². The number of fused-ring (bicyclic) bond motifs is 1. The van der Waals surface area contributed by atoms with Gasteiger partial charge in [-0.25, -0.2) is 0 Å². The average Bonchev–Trinajstić information content (AvgIpc) is 2.35. The summed E-state index contributed by atoms with van der Waals surface area (Å²) in [5.74, 6) is 0.545. The topological polar surface area (TPSA) is 57.2 Å². The van der Waals surface area contributed by atoms with E-state index < -0.39 is 0 Å². The molecule has 0 radical (unpaired) electrons. The van der Waals surface area contributed by atoms with Crippen molar-refractivity contribution in [3.8, 4) is 0 Å². The molecule has 100 valence electrons. The number of pyridine rings is 1. The molecular weight excluding hydrogens is 240 g/mol. The molecule has 0 aliphatic heterocycles. The highest BCUT2D eigenvalue weighted by atomic mass is 16.5. The summed E-state index contributed by atoms with van der Waals surface area (Å²) in [5.41, 5.74) is 6.05. The second-order valence-corrected chi connectivity index (χ2v) is 5.03. The quantitative estimate of drug-likeness (QED) is 0.919. The zero-order valence-electron chi connectivity index (χ0n) is 11.0. The monoisotopic (exact) mass is 258 g/mol. The Morgan fingerprint density at radius 2 is 2.11 bits per heavy atom. The number of nitrogens with two attached hydrogens (primary N) is 1. The summed E-state index contributed by atoms with van der Waals surface area (Å²) >= 11 is 0. The number of hydrogen-bond acceptors (Lipinski definition) is 3. The van der Waals surface area contributed by atoms with E-state index in [1.807, 2.05) is 37.3 Å². The number of ether oxygens (including phenoxy) is 1. The maximum atomic E-state index is 12.5. The van der Waals surface area contributed by atoms with E-state index in [9.17, 15) is 4.79 Å². The molecule has 0 amide bonds. The fraction of sp³-hybridized carbons (Fsp3) is 0.400. The van der Waals surface area contributed by atoms with Crippen molar-refractivity contribution < 1.29 is 4.74 Å². The Kier molecular flexibility index (Phi) is 3.03. The minimum Gasteiger partial charge on any atom is -0.385 e. The van der Waals surface area contributed by atoms with Crippen LogP contribution in [0, 0.1) is 0 Å². The van der Waals surface area contributed by atoms with Gasteiger partial charge in [0.05, 0.1) is 6.10 Å². The molecule has 0 spiro atoms. The first kappa shape index (κ1) is 12.2. The van der Waals surface area contributed by atoms with Crippen molar-refractivity contribution in [2.75, 3.05) is 12.3 Å². The second-order valence-electron chi connectivity index (χ2n) is 5.03. The molecule has 1 heterocycles. The molecule has 1 aliphatic carbocycles. The van der Waals surface area contributed by atoms with E-state index in [1.165, 1.54) is 0 Å². The highest BCUT2D eigenvalue weighted by molar-refractivity contribution is 5.83. The van der Waals surface area contributed by atoms with Crippen LogP contribution in [-0.4, -0.2) is 17.3 Å². The third-order valence-electron chi connectivity index (χ3n) is 3.83. The SMILES string of the molecule is CCOC1CC(n2c(N)cc3ccccc3c2=O)C1. The molecule has 0 bridgehead atoms. The first-order chi connectivity index (χ1) is 9.20. The molecule has 2 aromatic rings. The summed E-state index contributed by atoms with van der Waals surface area (Å²) in [5, 5.41) is 1.64. The van der Waals surface area contributed by atoms with Gasteiger partial charge in [-0.1, -0.05) is 18.2 Å². The normalized spacial score (nSPS) is 22.4. The molecule has 3 rings (SSSR count). The number of aromatic nitrogens is 1. The second kappa shape index (κ2) is 4.70. The molecule has 1 saturated carbocycles. The van der Waals surface area contributed by atoms with Gasteiger partial charge in [0.2, 0.25) is 0 Å². The minimum absolute atomic E-state index is 0.00977. The van der Waals surface area contributed by atoms with Crippen molar-refractivity contribution in [2.24, 2.45) is 0 Å². The maximum absolute atomic E-state index is 12.5. The Labute approximate surface area is 111 Å². The Morgan fingerprint density at radius 3 is 2.84 bits per heavy atom. The van der Waals surface area contributed by atoms with Crippen molar-refractivity contribution in [1.29, 1.82) is 0 Å². The van der Waals surface area contributed by atoms with E-state index in [0.717, 1.165) is 30.2 Å². The minimum atomic E-state index is 0.00977. The Bertz CT molecular complexity index is 657. The van der Waals surface area contributed by atoms with Crippen molar-refractivity contribution in [1.82, 2.24) is 4.57 Å². The molecule has 1 aromatic heterocycles. The lowest BCUT2D eigenvalue weighted by Gasteiger charge is -2.36. The number of benzene rings is 1. The van der Waals surface area contributed by atoms with Crippen LogP contribution in [0.3, 0.4) is 0 Å². The summed E-state index contributed by atoms with van der Waals surface area (Å²) in [6.07, 6.45) is 2.01. The molecular formula is C15H18N2O2. The Morgan fingerprint density at radius 1 is 1.37 bits per heavy atom. The Balaban J connectivity index is 1.99. The molecule has 0 atom stereocenters. The predicted molar refractivity (Wildman–Crippen MR) is 76.3 cm³/mol. The molecule has 4 heteroatoms. The molecule has 0 unspecified atom stereocenters. The molecule has 1 aromatic carbocycles. The fourth-order valence-electron chi connectivity index (χ4n) is 2.79. The fourth-order valence-corrected chi connectivity index (χ4v) is 2.79. The summed E-state index contributed by atoms with van der Waals surface area (Å²) in [6.45, 7) is 2.71. The van der Waals surface area contributed by atoms with Crippen molar-refractivity contribution in [3.63, 3.8) is 0 Å². The van der Waals surface area contributed by atoms with Crippen LogP contribution >= 0.6 is 0 Å². The van der Waals surface area contributed by atoms with Gasteiger partial charge in [-0.3, -0.25) is 9.36 Å². The van der Waals surface area contributed by atoms with E-state index >= 15 is 0 Å². The number of nitrogens with zero attached hydrogens (tertiary/aromatic N) is 1. The van der Waals surface area contributed by atoms with Gasteiger partial charge in [-0.15, -0.1) is 0 Å². The van der Waals surface area contributed by atoms with Gasteiger partial charge in [0, 0.05) is 18.0 Å². The lowest BCUT2D eigenvalue weighted by atomic mass is 9.88. The molecule has 19 heavy (non-hydrogen) atoms. The first-order valence-electron chi connectivity index (χ1n) is 6.72. The molecule has 0 saturated heterocycles. The maximum Gasteiger partial charge on any atom is 0.260 e. The zero-order valence-corrected chi connectivity index (χ0v) is 11.0. The summed E-state index contributed by atoms with van der Waals surface area (Å²) < 4.78 is 7.26. The van der Waals surface area contributed by atoms with E-state index in [4.69, 9.17) is 10.5 Å². The molecule has 2 N–H and O–H groups in total. The van der Waals surface area contributed by atoms with Gasteiger partial charge in [-0.2, -0.15) is 0 Å². The van der Waals surface area contributed by atoms with Gasteiger partial charge in [0.25, 0.3) is 5.56 Å². The van der Waals surface area contributed by atoms with Crippen LogP contribution in [0.5, 0.6) is 0 Å². The van der Waals surface area contributed by atoms with Gasteiger partial charge >= 0.3 is 0 Å². The van der Waals surface area contributed by atoms with E-state index in [0.29, 0.717) is 5.82 Å². The number of hydrogen-bond donors (Lipinski definition) is 1. The van der Waals surface area contributed by atoms with Crippen molar-refractivity contribution in [3.05, 3.63) is 40.7 Å².